The second-order valence-electron chi connectivity index (χ2n) is 5.26. The SMILES string of the molecule is CN1c2ccccc2C(=O)NC1c1ccc(OCCO)cc1Br. The second-order valence-corrected chi connectivity index (χ2v) is 6.11. The van der Waals surface area contributed by atoms with E-state index in [-0.39, 0.29) is 25.3 Å². The molecule has 3 rings (SSSR count). The topological polar surface area (TPSA) is 61.8 Å². The van der Waals surface area contributed by atoms with Gasteiger partial charge in [0, 0.05) is 17.1 Å². The van der Waals surface area contributed by atoms with Gasteiger partial charge in [0.05, 0.1) is 17.9 Å². The fourth-order valence-electron chi connectivity index (χ4n) is 2.68. The first-order chi connectivity index (χ1) is 11.1. The molecular formula is C17H17BrN2O3. The highest BCUT2D eigenvalue weighted by atomic mass is 79.9. The van der Waals surface area contributed by atoms with Crippen LogP contribution in [0.5, 0.6) is 5.75 Å². The van der Waals surface area contributed by atoms with E-state index in [2.05, 4.69) is 21.2 Å². The minimum absolute atomic E-state index is 0.0302. The summed E-state index contributed by atoms with van der Waals surface area (Å²) < 4.78 is 6.24. The molecule has 1 aliphatic rings. The van der Waals surface area contributed by atoms with E-state index in [0.717, 1.165) is 15.7 Å². The van der Waals surface area contributed by atoms with Crippen LogP contribution >= 0.6 is 15.9 Å². The molecule has 0 saturated heterocycles. The summed E-state index contributed by atoms with van der Waals surface area (Å²) in [5.74, 6) is 0.580. The number of carbonyl (C=O) groups excluding carboxylic acids is 1. The number of carbonyl (C=O) groups is 1. The molecule has 1 atom stereocenters. The number of aliphatic hydroxyl groups excluding tert-OH is 1. The number of hydrogen-bond donors (Lipinski definition) is 2. The lowest BCUT2D eigenvalue weighted by molar-refractivity contribution is 0.0928. The first-order valence-corrected chi connectivity index (χ1v) is 8.07. The molecule has 2 aromatic rings. The first kappa shape index (κ1) is 15.8. The smallest absolute Gasteiger partial charge is 0.255 e. The molecule has 0 spiro atoms. The predicted octanol–water partition coefficient (Wildman–Crippen LogP) is 2.70. The number of fused-ring (bicyclic) bond motifs is 1. The summed E-state index contributed by atoms with van der Waals surface area (Å²) in [4.78, 5) is 14.4. The van der Waals surface area contributed by atoms with Gasteiger partial charge in [-0.05, 0) is 24.3 Å². The molecule has 0 saturated carbocycles. The van der Waals surface area contributed by atoms with Gasteiger partial charge in [-0.15, -0.1) is 0 Å². The van der Waals surface area contributed by atoms with E-state index in [0.29, 0.717) is 11.3 Å². The van der Waals surface area contributed by atoms with Crippen molar-refractivity contribution in [2.24, 2.45) is 0 Å². The average molecular weight is 377 g/mol. The number of amides is 1. The van der Waals surface area contributed by atoms with Crippen LogP contribution in [0.25, 0.3) is 0 Å². The third-order valence-electron chi connectivity index (χ3n) is 3.81. The summed E-state index contributed by atoms with van der Waals surface area (Å²) in [6, 6.07) is 13.1. The second kappa shape index (κ2) is 6.60. The zero-order valence-corrected chi connectivity index (χ0v) is 14.2. The third kappa shape index (κ3) is 3.04. The molecular weight excluding hydrogens is 360 g/mol. The van der Waals surface area contributed by atoms with Crippen molar-refractivity contribution in [1.82, 2.24) is 5.32 Å². The number of hydrogen-bond acceptors (Lipinski definition) is 4. The van der Waals surface area contributed by atoms with E-state index in [4.69, 9.17) is 9.84 Å². The molecule has 120 valence electrons. The maximum Gasteiger partial charge on any atom is 0.255 e. The Hall–Kier alpha value is -2.05. The molecule has 0 bridgehead atoms. The van der Waals surface area contributed by atoms with Crippen molar-refractivity contribution < 1.29 is 14.6 Å². The van der Waals surface area contributed by atoms with Crippen LogP contribution in [0.3, 0.4) is 0 Å². The van der Waals surface area contributed by atoms with Crippen molar-refractivity contribution in [3.63, 3.8) is 0 Å². The van der Waals surface area contributed by atoms with Crippen LogP contribution in [0.2, 0.25) is 0 Å². The largest absolute Gasteiger partial charge is 0.491 e. The maximum absolute atomic E-state index is 12.3. The van der Waals surface area contributed by atoms with Crippen molar-refractivity contribution in [2.75, 3.05) is 25.2 Å². The Balaban J connectivity index is 1.92. The van der Waals surface area contributed by atoms with Crippen LogP contribution in [-0.2, 0) is 0 Å². The van der Waals surface area contributed by atoms with Gasteiger partial charge in [-0.3, -0.25) is 4.79 Å². The van der Waals surface area contributed by atoms with Crippen LogP contribution in [0, 0.1) is 0 Å². The number of halogens is 1. The highest BCUT2D eigenvalue weighted by Crippen LogP contribution is 2.35. The lowest BCUT2D eigenvalue weighted by atomic mass is 10.0. The predicted molar refractivity (Wildman–Crippen MR) is 91.8 cm³/mol. The Labute approximate surface area is 143 Å². The number of anilines is 1. The van der Waals surface area contributed by atoms with Crippen molar-refractivity contribution >= 4 is 27.5 Å². The standard InChI is InChI=1S/C17H17BrN2O3/c1-20-15-5-3-2-4-13(15)17(22)19-16(20)12-7-6-11(10-14(12)18)23-9-8-21/h2-7,10,16,21H,8-9H2,1H3,(H,19,22). The van der Waals surface area contributed by atoms with Gasteiger partial charge in [-0.1, -0.05) is 34.1 Å². The monoisotopic (exact) mass is 376 g/mol. The van der Waals surface area contributed by atoms with Crippen LogP contribution in [0.1, 0.15) is 22.1 Å². The van der Waals surface area contributed by atoms with Gasteiger partial charge in [-0.2, -0.15) is 0 Å². The van der Waals surface area contributed by atoms with Crippen LogP contribution in [0.4, 0.5) is 5.69 Å². The molecule has 1 heterocycles. The fourth-order valence-corrected chi connectivity index (χ4v) is 3.25. The molecule has 0 aromatic heterocycles. The quantitative estimate of drug-likeness (QED) is 0.860. The number of ether oxygens (including phenoxy) is 1. The van der Waals surface area contributed by atoms with Gasteiger partial charge in [0.25, 0.3) is 5.91 Å². The van der Waals surface area contributed by atoms with Gasteiger partial charge in [-0.25, -0.2) is 0 Å². The summed E-state index contributed by atoms with van der Waals surface area (Å²) in [5, 5.41) is 11.8. The van der Waals surface area contributed by atoms with Crippen molar-refractivity contribution in [3.8, 4) is 5.75 Å². The minimum Gasteiger partial charge on any atom is -0.491 e. The lowest BCUT2D eigenvalue weighted by Crippen LogP contribution is -2.44. The van der Waals surface area contributed by atoms with Gasteiger partial charge in [0.15, 0.2) is 0 Å². The number of benzene rings is 2. The summed E-state index contributed by atoms with van der Waals surface area (Å²) in [6.45, 7) is 0.219. The Bertz CT molecular complexity index is 736. The van der Waals surface area contributed by atoms with E-state index >= 15 is 0 Å². The van der Waals surface area contributed by atoms with Gasteiger partial charge in [0.2, 0.25) is 0 Å². The van der Waals surface area contributed by atoms with E-state index in [1.54, 1.807) is 0 Å². The molecule has 5 nitrogen and oxygen atoms in total. The van der Waals surface area contributed by atoms with E-state index in [1.165, 1.54) is 0 Å². The molecule has 0 aliphatic carbocycles. The number of nitrogens with one attached hydrogen (secondary N) is 1. The van der Waals surface area contributed by atoms with Gasteiger partial charge in [0.1, 0.15) is 18.5 Å². The Morgan fingerprint density at radius 1 is 1.30 bits per heavy atom. The van der Waals surface area contributed by atoms with E-state index < -0.39 is 0 Å². The summed E-state index contributed by atoms with van der Waals surface area (Å²) >= 11 is 3.54. The summed E-state index contributed by atoms with van der Waals surface area (Å²) in [6.07, 6.45) is -0.265. The van der Waals surface area contributed by atoms with E-state index in [9.17, 15) is 4.79 Å². The molecule has 1 amide bonds. The molecule has 1 unspecified atom stereocenters. The maximum atomic E-state index is 12.3. The number of para-hydroxylation sites is 1. The summed E-state index contributed by atoms with van der Waals surface area (Å²) in [7, 11) is 1.95. The summed E-state index contributed by atoms with van der Waals surface area (Å²) in [5.41, 5.74) is 2.51. The van der Waals surface area contributed by atoms with Crippen molar-refractivity contribution in [3.05, 3.63) is 58.1 Å². The molecule has 1 aliphatic heterocycles. The van der Waals surface area contributed by atoms with Gasteiger partial charge < -0.3 is 20.1 Å². The Kier molecular flexibility index (Phi) is 4.54. The number of aliphatic hydroxyl groups is 1. The normalized spacial score (nSPS) is 16.7. The molecule has 0 fully saturated rings. The molecule has 2 N–H and O–H groups in total. The van der Waals surface area contributed by atoms with Crippen LogP contribution in [0.15, 0.2) is 46.9 Å². The van der Waals surface area contributed by atoms with E-state index in [1.807, 2.05) is 54.4 Å². The highest BCUT2D eigenvalue weighted by Gasteiger charge is 2.30. The average Bonchev–Trinajstić information content (AvgIpc) is 2.57. The zero-order valence-electron chi connectivity index (χ0n) is 12.6. The number of rotatable bonds is 4. The van der Waals surface area contributed by atoms with Crippen LogP contribution < -0.4 is 15.0 Å². The lowest BCUT2D eigenvalue weighted by Gasteiger charge is -2.37. The van der Waals surface area contributed by atoms with Crippen LogP contribution in [-0.4, -0.2) is 31.3 Å². The molecule has 23 heavy (non-hydrogen) atoms. The molecule has 6 heteroatoms. The Morgan fingerprint density at radius 3 is 2.83 bits per heavy atom. The molecule has 0 radical (unpaired) electrons. The minimum atomic E-state index is -0.265. The highest BCUT2D eigenvalue weighted by molar-refractivity contribution is 9.10. The van der Waals surface area contributed by atoms with Crippen molar-refractivity contribution in [2.45, 2.75) is 6.17 Å². The van der Waals surface area contributed by atoms with Crippen molar-refractivity contribution in [1.29, 1.82) is 0 Å². The first-order valence-electron chi connectivity index (χ1n) is 7.27. The van der Waals surface area contributed by atoms with Gasteiger partial charge >= 0.3 is 0 Å². The fraction of sp³-hybridized carbons (Fsp3) is 0.235. The number of nitrogens with zero attached hydrogens (tertiary/aromatic N) is 1. The molecule has 2 aromatic carbocycles. The Morgan fingerprint density at radius 2 is 2.09 bits per heavy atom. The zero-order chi connectivity index (χ0) is 16.4. The third-order valence-corrected chi connectivity index (χ3v) is 4.50.